The summed E-state index contributed by atoms with van der Waals surface area (Å²) in [6.07, 6.45) is 4.94. The van der Waals surface area contributed by atoms with Gasteiger partial charge in [0.15, 0.2) is 0 Å². The molecular weight excluding hydrogens is 519 g/mol. The van der Waals surface area contributed by atoms with E-state index in [-0.39, 0.29) is 24.2 Å². The van der Waals surface area contributed by atoms with Crippen LogP contribution in [0.5, 0.6) is 0 Å². The van der Waals surface area contributed by atoms with Gasteiger partial charge in [-0.05, 0) is 43.5 Å². The van der Waals surface area contributed by atoms with Gasteiger partial charge in [0, 0.05) is 31.7 Å². The van der Waals surface area contributed by atoms with E-state index in [0.29, 0.717) is 10.6 Å². The maximum Gasteiger partial charge on any atom is 0.304 e. The topological polar surface area (TPSA) is 90.0 Å². The van der Waals surface area contributed by atoms with Crippen LogP contribution in [0.4, 0.5) is 10.1 Å². The molecule has 0 aromatic heterocycles. The third kappa shape index (κ3) is 7.21. The van der Waals surface area contributed by atoms with Crippen molar-refractivity contribution in [3.05, 3.63) is 64.9 Å². The summed E-state index contributed by atoms with van der Waals surface area (Å²) in [5, 5.41) is 3.44. The van der Waals surface area contributed by atoms with Gasteiger partial charge in [0.05, 0.1) is 5.69 Å². The molecule has 3 rings (SSSR count). The molecule has 0 unspecified atom stereocenters. The Morgan fingerprint density at radius 1 is 1.05 bits per heavy atom. The number of anilines is 1. The molecule has 1 N–H and O–H groups in total. The maximum atomic E-state index is 14.7. The number of halogens is 2. The number of para-hydroxylation sites is 1. The van der Waals surface area contributed by atoms with E-state index in [4.69, 9.17) is 11.6 Å². The van der Waals surface area contributed by atoms with E-state index in [9.17, 15) is 22.4 Å². The van der Waals surface area contributed by atoms with Crippen LogP contribution in [0.25, 0.3) is 0 Å². The molecule has 2 aromatic carbocycles. The molecule has 1 fully saturated rings. The number of hydrogen-bond acceptors (Lipinski definition) is 4. The summed E-state index contributed by atoms with van der Waals surface area (Å²) in [6.45, 7) is 0.874. The highest BCUT2D eigenvalue weighted by molar-refractivity contribution is 7.90. The molecule has 0 spiro atoms. The Kier molecular flexibility index (Phi) is 9.92. The third-order valence-electron chi connectivity index (χ3n) is 6.56. The maximum absolute atomic E-state index is 14.7. The van der Waals surface area contributed by atoms with Crippen molar-refractivity contribution in [3.8, 4) is 0 Å². The molecule has 1 aliphatic carbocycles. The lowest BCUT2D eigenvalue weighted by molar-refractivity contribution is -0.139. The zero-order valence-corrected chi connectivity index (χ0v) is 22.9. The van der Waals surface area contributed by atoms with Gasteiger partial charge in [0.1, 0.15) is 18.4 Å². The number of nitrogens with one attached hydrogen (secondary N) is 1. The Morgan fingerprint density at radius 3 is 2.30 bits per heavy atom. The van der Waals surface area contributed by atoms with Crippen LogP contribution < -0.4 is 9.62 Å². The molecule has 0 saturated heterocycles. The van der Waals surface area contributed by atoms with Crippen molar-refractivity contribution >= 4 is 39.3 Å². The Morgan fingerprint density at radius 2 is 1.68 bits per heavy atom. The zero-order chi connectivity index (χ0) is 27.2. The van der Waals surface area contributed by atoms with Gasteiger partial charge in [0.25, 0.3) is 0 Å². The van der Waals surface area contributed by atoms with Gasteiger partial charge in [-0.2, -0.15) is 12.7 Å². The number of amides is 2. The van der Waals surface area contributed by atoms with Crippen LogP contribution in [0.2, 0.25) is 5.02 Å². The molecule has 1 atom stereocenters. The van der Waals surface area contributed by atoms with Crippen molar-refractivity contribution in [2.24, 2.45) is 0 Å². The minimum atomic E-state index is -4.24. The smallest absolute Gasteiger partial charge is 0.304 e. The molecule has 37 heavy (non-hydrogen) atoms. The molecule has 0 heterocycles. The van der Waals surface area contributed by atoms with Crippen molar-refractivity contribution in [2.75, 3.05) is 24.9 Å². The average molecular weight is 553 g/mol. The van der Waals surface area contributed by atoms with Crippen LogP contribution in [0.1, 0.15) is 44.6 Å². The summed E-state index contributed by atoms with van der Waals surface area (Å²) < 4.78 is 42.6. The molecular formula is C26H34ClFN4O4S. The van der Waals surface area contributed by atoms with Gasteiger partial charge >= 0.3 is 10.2 Å². The third-order valence-corrected chi connectivity index (χ3v) is 8.73. The van der Waals surface area contributed by atoms with Crippen LogP contribution in [-0.2, 0) is 26.3 Å². The number of nitrogens with zero attached hydrogens (tertiary/aromatic N) is 3. The van der Waals surface area contributed by atoms with E-state index < -0.39 is 34.5 Å². The first-order chi connectivity index (χ1) is 17.5. The molecule has 1 saturated carbocycles. The highest BCUT2D eigenvalue weighted by Gasteiger charge is 2.34. The standard InChI is InChI=1S/C26H34ClFN4O4S/c1-19(26(34)29-21-12-5-4-6-13-21)31(17-20-11-7-8-14-22(20)27)25(33)18-32(37(35,36)30(2)3)24-16-10-9-15-23(24)28/h7-11,14-16,19,21H,4-6,12-13,17-18H2,1-3H3,(H,29,34)/t19-/m1/s1. The van der Waals surface area contributed by atoms with E-state index in [1.54, 1.807) is 31.2 Å². The van der Waals surface area contributed by atoms with Gasteiger partial charge in [-0.1, -0.05) is 61.2 Å². The summed E-state index contributed by atoms with van der Waals surface area (Å²) >= 11 is 6.35. The molecule has 11 heteroatoms. The largest absolute Gasteiger partial charge is 0.352 e. The second kappa shape index (κ2) is 12.7. The first-order valence-corrected chi connectivity index (χ1v) is 14.1. The molecule has 1 aliphatic rings. The number of benzene rings is 2. The number of rotatable bonds is 10. The van der Waals surface area contributed by atoms with Crippen molar-refractivity contribution in [1.82, 2.24) is 14.5 Å². The Balaban J connectivity index is 1.94. The number of carbonyl (C=O) groups excluding carboxylic acids is 2. The fourth-order valence-electron chi connectivity index (χ4n) is 4.32. The fraction of sp³-hybridized carbons (Fsp3) is 0.462. The first kappa shape index (κ1) is 28.9. The summed E-state index contributed by atoms with van der Waals surface area (Å²) in [4.78, 5) is 28.2. The molecule has 0 aliphatic heterocycles. The average Bonchev–Trinajstić information content (AvgIpc) is 2.87. The van der Waals surface area contributed by atoms with Crippen LogP contribution in [-0.4, -0.2) is 62.2 Å². The van der Waals surface area contributed by atoms with E-state index in [2.05, 4.69) is 5.32 Å². The van der Waals surface area contributed by atoms with Crippen LogP contribution in [0.15, 0.2) is 48.5 Å². The summed E-state index contributed by atoms with van der Waals surface area (Å²) in [6, 6.07) is 11.4. The lowest BCUT2D eigenvalue weighted by atomic mass is 9.95. The molecule has 2 amide bonds. The minimum Gasteiger partial charge on any atom is -0.352 e. The van der Waals surface area contributed by atoms with Crippen molar-refractivity contribution in [3.63, 3.8) is 0 Å². The van der Waals surface area contributed by atoms with Crippen LogP contribution >= 0.6 is 11.6 Å². The van der Waals surface area contributed by atoms with Gasteiger partial charge < -0.3 is 10.2 Å². The fourth-order valence-corrected chi connectivity index (χ4v) is 5.58. The van der Waals surface area contributed by atoms with Crippen molar-refractivity contribution in [2.45, 2.75) is 57.7 Å². The van der Waals surface area contributed by atoms with E-state index in [0.717, 1.165) is 46.8 Å². The second-order valence-corrected chi connectivity index (χ2v) is 11.9. The zero-order valence-electron chi connectivity index (χ0n) is 21.4. The molecule has 2 aromatic rings. The Bertz CT molecular complexity index is 1200. The van der Waals surface area contributed by atoms with Crippen LogP contribution in [0.3, 0.4) is 0 Å². The van der Waals surface area contributed by atoms with E-state index >= 15 is 0 Å². The lowest BCUT2D eigenvalue weighted by Crippen LogP contribution is -2.53. The Labute approximate surface area is 223 Å². The van der Waals surface area contributed by atoms with Gasteiger partial charge in [0.2, 0.25) is 11.8 Å². The predicted octanol–water partition coefficient (Wildman–Crippen LogP) is 3.96. The monoisotopic (exact) mass is 552 g/mol. The highest BCUT2D eigenvalue weighted by Crippen LogP contribution is 2.25. The van der Waals surface area contributed by atoms with Gasteiger partial charge in [-0.3, -0.25) is 9.59 Å². The molecule has 0 bridgehead atoms. The highest BCUT2D eigenvalue weighted by atomic mass is 35.5. The van der Waals surface area contributed by atoms with E-state index in [1.807, 2.05) is 0 Å². The molecule has 0 radical (unpaired) electrons. The normalized spacial score (nSPS) is 15.3. The lowest BCUT2D eigenvalue weighted by Gasteiger charge is -2.34. The van der Waals surface area contributed by atoms with Gasteiger partial charge in [-0.25, -0.2) is 8.70 Å². The summed E-state index contributed by atoms with van der Waals surface area (Å²) in [7, 11) is -1.64. The second-order valence-electron chi connectivity index (χ2n) is 9.38. The van der Waals surface area contributed by atoms with Crippen molar-refractivity contribution < 1.29 is 22.4 Å². The molecule has 202 valence electrons. The number of carbonyl (C=O) groups is 2. The number of hydrogen-bond donors (Lipinski definition) is 1. The summed E-state index contributed by atoms with van der Waals surface area (Å²) in [5.41, 5.74) is 0.337. The van der Waals surface area contributed by atoms with E-state index in [1.165, 1.54) is 37.2 Å². The SMILES string of the molecule is C[C@H](C(=O)NC1CCCCC1)N(Cc1ccccc1Cl)C(=O)CN(c1ccccc1F)S(=O)(=O)N(C)C. The molecule has 8 nitrogen and oxygen atoms in total. The first-order valence-electron chi connectivity index (χ1n) is 12.3. The quantitative estimate of drug-likeness (QED) is 0.483. The van der Waals surface area contributed by atoms with Crippen LogP contribution in [0, 0.1) is 5.82 Å². The predicted molar refractivity (Wildman–Crippen MR) is 143 cm³/mol. The van der Waals surface area contributed by atoms with Gasteiger partial charge in [-0.15, -0.1) is 0 Å². The summed E-state index contributed by atoms with van der Waals surface area (Å²) in [5.74, 6) is -1.79. The van der Waals surface area contributed by atoms with Crippen molar-refractivity contribution in [1.29, 1.82) is 0 Å². The minimum absolute atomic E-state index is 0.0229. The Hall–Kier alpha value is -2.69.